The first kappa shape index (κ1) is 23.1. The summed E-state index contributed by atoms with van der Waals surface area (Å²) in [6.07, 6.45) is -0.455. The van der Waals surface area contributed by atoms with Crippen LogP contribution >= 0.6 is 23.2 Å². The number of benzene rings is 3. The van der Waals surface area contributed by atoms with Crippen LogP contribution in [-0.4, -0.2) is 26.8 Å². The van der Waals surface area contributed by atoms with Crippen molar-refractivity contribution in [2.45, 2.75) is 6.42 Å². The summed E-state index contributed by atoms with van der Waals surface area (Å²) in [4.78, 5) is 25.1. The number of hydrogen-bond acceptors (Lipinski definition) is 4. The zero-order valence-electron chi connectivity index (χ0n) is 17.5. The fraction of sp³-hybridized carbons (Fsp3) is 0.0400. The number of carboxylic acid groups (broad SMARTS) is 1. The van der Waals surface area contributed by atoms with E-state index in [1.54, 1.807) is 66.7 Å². The zero-order chi connectivity index (χ0) is 24.2. The number of amides is 1. The van der Waals surface area contributed by atoms with Crippen molar-refractivity contribution in [2.75, 3.05) is 5.32 Å². The van der Waals surface area contributed by atoms with Gasteiger partial charge in [-0.25, -0.2) is 4.68 Å². The Hall–Kier alpha value is -4.12. The number of rotatable bonds is 6. The number of nitrogens with zero attached hydrogens (tertiary/aromatic N) is 3. The molecule has 9 heteroatoms. The standard InChI is InChI=1S/C25H16Cl2N4O3/c26-17-10-8-16(9-11-17)24-19(13-22(32)33)23(30-31(24)21-7-2-1-6-20(21)27)25(34)29-18-5-3-4-15(12-18)14-28/h1-12H,13H2,(H,29,34)(H,32,33). The number of nitriles is 1. The maximum absolute atomic E-state index is 13.3. The Bertz CT molecular complexity index is 1440. The van der Waals surface area contributed by atoms with Crippen LogP contribution in [0.3, 0.4) is 0 Å². The normalized spacial score (nSPS) is 10.5. The molecule has 1 amide bonds. The molecule has 0 fully saturated rings. The van der Waals surface area contributed by atoms with E-state index in [0.29, 0.717) is 38.2 Å². The number of aromatic nitrogens is 2. The molecule has 168 valence electrons. The fourth-order valence-electron chi connectivity index (χ4n) is 3.51. The predicted octanol–water partition coefficient (Wildman–Crippen LogP) is 5.60. The van der Waals surface area contributed by atoms with E-state index in [-0.39, 0.29) is 11.3 Å². The average molecular weight is 491 g/mol. The molecule has 0 radical (unpaired) electrons. The maximum Gasteiger partial charge on any atom is 0.307 e. The second kappa shape index (κ2) is 9.79. The minimum atomic E-state index is -1.13. The van der Waals surface area contributed by atoms with Gasteiger partial charge in [0.2, 0.25) is 0 Å². The minimum Gasteiger partial charge on any atom is -0.481 e. The van der Waals surface area contributed by atoms with Gasteiger partial charge in [0.15, 0.2) is 5.69 Å². The van der Waals surface area contributed by atoms with Gasteiger partial charge in [-0.15, -0.1) is 0 Å². The Morgan fingerprint density at radius 2 is 1.76 bits per heavy atom. The van der Waals surface area contributed by atoms with Crippen molar-refractivity contribution in [1.82, 2.24) is 9.78 Å². The molecule has 0 spiro atoms. The van der Waals surface area contributed by atoms with Crippen LogP contribution in [-0.2, 0) is 11.2 Å². The molecule has 0 saturated carbocycles. The van der Waals surface area contributed by atoms with E-state index >= 15 is 0 Å². The molecule has 0 aliphatic carbocycles. The van der Waals surface area contributed by atoms with Gasteiger partial charge >= 0.3 is 5.97 Å². The first-order valence-corrected chi connectivity index (χ1v) is 10.8. The second-order valence-corrected chi connectivity index (χ2v) is 8.11. The van der Waals surface area contributed by atoms with E-state index in [1.807, 2.05) is 6.07 Å². The number of carbonyl (C=O) groups is 2. The molecule has 0 atom stereocenters. The highest BCUT2D eigenvalue weighted by Gasteiger charge is 2.27. The van der Waals surface area contributed by atoms with E-state index in [4.69, 9.17) is 28.5 Å². The molecule has 0 aliphatic heterocycles. The van der Waals surface area contributed by atoms with Crippen molar-refractivity contribution in [3.8, 4) is 23.0 Å². The van der Waals surface area contributed by atoms with Gasteiger partial charge in [0.1, 0.15) is 0 Å². The van der Waals surface area contributed by atoms with Gasteiger partial charge < -0.3 is 10.4 Å². The number of halogens is 2. The summed E-state index contributed by atoms with van der Waals surface area (Å²) >= 11 is 12.5. The van der Waals surface area contributed by atoms with E-state index < -0.39 is 18.3 Å². The van der Waals surface area contributed by atoms with Crippen LogP contribution in [0.2, 0.25) is 10.0 Å². The summed E-state index contributed by atoms with van der Waals surface area (Å²) in [5.74, 6) is -1.75. The quantitative estimate of drug-likeness (QED) is 0.365. The molecule has 4 rings (SSSR count). The molecular formula is C25H16Cl2N4O3. The molecule has 2 N–H and O–H groups in total. The first-order chi connectivity index (χ1) is 16.4. The molecule has 0 saturated heterocycles. The van der Waals surface area contributed by atoms with Crippen LogP contribution in [0.1, 0.15) is 21.6 Å². The summed E-state index contributed by atoms with van der Waals surface area (Å²) in [6.45, 7) is 0. The highest BCUT2D eigenvalue weighted by Crippen LogP contribution is 2.33. The van der Waals surface area contributed by atoms with Crippen molar-refractivity contribution in [3.63, 3.8) is 0 Å². The predicted molar refractivity (Wildman–Crippen MR) is 129 cm³/mol. The molecule has 0 unspecified atom stereocenters. The van der Waals surface area contributed by atoms with Gasteiger partial charge in [0.05, 0.1) is 34.5 Å². The van der Waals surface area contributed by atoms with E-state index in [9.17, 15) is 14.7 Å². The SMILES string of the molecule is N#Cc1cccc(NC(=O)c2nn(-c3ccccc3Cl)c(-c3ccc(Cl)cc3)c2CC(=O)O)c1. The van der Waals surface area contributed by atoms with Crippen molar-refractivity contribution >= 4 is 40.8 Å². The number of carbonyl (C=O) groups excluding carboxylic acids is 1. The van der Waals surface area contributed by atoms with Gasteiger partial charge in [-0.1, -0.05) is 53.5 Å². The monoisotopic (exact) mass is 490 g/mol. The second-order valence-electron chi connectivity index (χ2n) is 7.26. The lowest BCUT2D eigenvalue weighted by Crippen LogP contribution is -2.16. The number of para-hydroxylation sites is 1. The van der Waals surface area contributed by atoms with Crippen molar-refractivity contribution in [2.24, 2.45) is 0 Å². The topological polar surface area (TPSA) is 108 Å². The smallest absolute Gasteiger partial charge is 0.307 e. The van der Waals surface area contributed by atoms with Gasteiger partial charge in [0.25, 0.3) is 5.91 Å². The Kier molecular flexibility index (Phi) is 6.64. The number of anilines is 1. The molecule has 0 aliphatic rings. The van der Waals surface area contributed by atoms with Gasteiger partial charge in [-0.3, -0.25) is 9.59 Å². The largest absolute Gasteiger partial charge is 0.481 e. The molecule has 7 nitrogen and oxygen atoms in total. The molecule has 0 bridgehead atoms. The minimum absolute atomic E-state index is 0.0744. The third-order valence-corrected chi connectivity index (χ3v) is 5.55. The van der Waals surface area contributed by atoms with Crippen molar-refractivity contribution in [1.29, 1.82) is 5.26 Å². The van der Waals surface area contributed by atoms with E-state index in [2.05, 4.69) is 10.4 Å². The number of aliphatic carboxylic acids is 1. The zero-order valence-corrected chi connectivity index (χ0v) is 19.0. The fourth-order valence-corrected chi connectivity index (χ4v) is 3.85. The highest BCUT2D eigenvalue weighted by molar-refractivity contribution is 6.32. The molecular weight excluding hydrogens is 475 g/mol. The molecule has 34 heavy (non-hydrogen) atoms. The Morgan fingerprint density at radius 3 is 2.44 bits per heavy atom. The first-order valence-electron chi connectivity index (χ1n) is 10.0. The lowest BCUT2D eigenvalue weighted by atomic mass is 10.0. The Morgan fingerprint density at radius 1 is 1.03 bits per heavy atom. The summed E-state index contributed by atoms with van der Waals surface area (Å²) < 4.78 is 1.46. The van der Waals surface area contributed by atoms with E-state index in [0.717, 1.165) is 0 Å². The third-order valence-electron chi connectivity index (χ3n) is 4.97. The molecule has 4 aromatic rings. The van der Waals surface area contributed by atoms with Crippen LogP contribution in [0.25, 0.3) is 16.9 Å². The lowest BCUT2D eigenvalue weighted by Gasteiger charge is -2.11. The van der Waals surface area contributed by atoms with Crippen molar-refractivity contribution < 1.29 is 14.7 Å². The summed E-state index contributed by atoms with van der Waals surface area (Å²) in [7, 11) is 0. The van der Waals surface area contributed by atoms with Gasteiger partial charge in [-0.2, -0.15) is 10.4 Å². The van der Waals surface area contributed by atoms with Crippen LogP contribution in [0.5, 0.6) is 0 Å². The van der Waals surface area contributed by atoms with Gasteiger partial charge in [0, 0.05) is 21.8 Å². The Balaban J connectivity index is 1.92. The Labute approximate surface area is 204 Å². The van der Waals surface area contributed by atoms with Gasteiger partial charge in [-0.05, 0) is 42.5 Å². The molecule has 1 heterocycles. The van der Waals surface area contributed by atoms with Crippen molar-refractivity contribution in [3.05, 3.63) is 99.7 Å². The molecule has 1 aromatic heterocycles. The van der Waals surface area contributed by atoms with Crippen LogP contribution in [0.15, 0.2) is 72.8 Å². The summed E-state index contributed by atoms with van der Waals surface area (Å²) in [5.41, 5.74) is 2.38. The van der Waals surface area contributed by atoms with Crippen LogP contribution in [0, 0.1) is 11.3 Å². The summed E-state index contributed by atoms with van der Waals surface area (Å²) in [5, 5.41) is 26.8. The maximum atomic E-state index is 13.3. The van der Waals surface area contributed by atoms with Crippen LogP contribution in [0.4, 0.5) is 5.69 Å². The third kappa shape index (κ3) is 4.79. The number of carboxylic acids is 1. The highest BCUT2D eigenvalue weighted by atomic mass is 35.5. The summed E-state index contributed by atoms with van der Waals surface area (Å²) in [6, 6.07) is 22.1. The average Bonchev–Trinajstić information content (AvgIpc) is 3.18. The number of nitrogens with one attached hydrogen (secondary N) is 1. The number of hydrogen-bond donors (Lipinski definition) is 2. The molecule has 3 aromatic carbocycles. The van der Waals surface area contributed by atoms with Crippen LogP contribution < -0.4 is 5.32 Å². The lowest BCUT2D eigenvalue weighted by molar-refractivity contribution is -0.136. The van der Waals surface area contributed by atoms with E-state index in [1.165, 1.54) is 10.7 Å².